The van der Waals surface area contributed by atoms with E-state index < -0.39 is 6.67 Å². The number of hydrogen-bond acceptors (Lipinski definition) is 5. The van der Waals surface area contributed by atoms with Gasteiger partial charge in [-0.25, -0.2) is 18.7 Å². The Hall–Kier alpha value is -3.68. The number of aromatic nitrogens is 5. The van der Waals surface area contributed by atoms with Crippen LogP contribution in [0.3, 0.4) is 0 Å². The normalized spacial score (nSPS) is 12.1. The maximum Gasteiger partial charge on any atom is 0.154 e. The Labute approximate surface area is 192 Å². The molecule has 0 N–H and O–H groups in total. The average Bonchev–Trinajstić information content (AvgIpc) is 3.23. The van der Waals surface area contributed by atoms with Crippen molar-refractivity contribution in [2.45, 2.75) is 33.7 Å². The van der Waals surface area contributed by atoms with E-state index in [-0.39, 0.29) is 18.4 Å². The lowest BCUT2D eigenvalue weighted by Gasteiger charge is -2.30. The van der Waals surface area contributed by atoms with Gasteiger partial charge in [0.15, 0.2) is 5.82 Å². The molecule has 1 unspecified atom stereocenters. The van der Waals surface area contributed by atoms with Crippen molar-refractivity contribution in [1.29, 1.82) is 0 Å². The Morgan fingerprint density at radius 1 is 1.00 bits per heavy atom. The summed E-state index contributed by atoms with van der Waals surface area (Å²) in [5, 5.41) is 8.83. The maximum atomic E-state index is 13.4. The molecule has 0 fully saturated rings. The summed E-state index contributed by atoms with van der Waals surface area (Å²) < 4.78 is 28.7. The first-order valence-corrected chi connectivity index (χ1v) is 10.8. The largest absolute Gasteiger partial charge is 0.346 e. The molecule has 3 heterocycles. The van der Waals surface area contributed by atoms with E-state index in [4.69, 9.17) is 4.98 Å². The number of imidazole rings is 1. The van der Waals surface area contributed by atoms with Crippen molar-refractivity contribution in [1.82, 2.24) is 24.7 Å². The molecule has 0 aliphatic heterocycles. The number of anilines is 1. The van der Waals surface area contributed by atoms with Gasteiger partial charge in [-0.3, -0.25) is 0 Å². The highest BCUT2D eigenvalue weighted by Gasteiger charge is 2.21. The highest BCUT2D eigenvalue weighted by Crippen LogP contribution is 2.29. The van der Waals surface area contributed by atoms with Crippen LogP contribution in [-0.2, 0) is 0 Å². The predicted octanol–water partition coefficient (Wildman–Crippen LogP) is 5.33. The van der Waals surface area contributed by atoms with Crippen molar-refractivity contribution in [3.05, 3.63) is 83.3 Å². The van der Waals surface area contributed by atoms with E-state index in [0.29, 0.717) is 17.2 Å². The first kappa shape index (κ1) is 22.5. The van der Waals surface area contributed by atoms with Gasteiger partial charge in [-0.1, -0.05) is 12.1 Å². The van der Waals surface area contributed by atoms with Gasteiger partial charge in [0.1, 0.15) is 18.2 Å². The number of pyridine rings is 1. The first-order chi connectivity index (χ1) is 15.9. The van der Waals surface area contributed by atoms with Crippen LogP contribution in [0.25, 0.3) is 17.1 Å². The van der Waals surface area contributed by atoms with Crippen molar-refractivity contribution in [2.75, 3.05) is 18.1 Å². The van der Waals surface area contributed by atoms with E-state index in [2.05, 4.69) is 15.2 Å². The van der Waals surface area contributed by atoms with Crippen LogP contribution >= 0.6 is 0 Å². The lowest BCUT2D eigenvalue weighted by molar-refractivity contribution is 0.474. The highest BCUT2D eigenvalue weighted by molar-refractivity contribution is 5.60. The van der Waals surface area contributed by atoms with Crippen LogP contribution in [0.5, 0.6) is 0 Å². The molecule has 4 rings (SSSR count). The molecule has 8 heteroatoms. The van der Waals surface area contributed by atoms with Crippen molar-refractivity contribution >= 4 is 5.82 Å². The van der Waals surface area contributed by atoms with E-state index >= 15 is 0 Å². The molecule has 170 valence electrons. The molecule has 33 heavy (non-hydrogen) atoms. The maximum absolute atomic E-state index is 13.4. The van der Waals surface area contributed by atoms with E-state index in [1.165, 1.54) is 12.1 Å². The molecule has 0 bridgehead atoms. The summed E-state index contributed by atoms with van der Waals surface area (Å²) in [6, 6.07) is 11.8. The van der Waals surface area contributed by atoms with Crippen molar-refractivity contribution in [2.24, 2.45) is 0 Å². The van der Waals surface area contributed by atoms with E-state index in [1.807, 2.05) is 61.6 Å². The Kier molecular flexibility index (Phi) is 6.44. The van der Waals surface area contributed by atoms with Gasteiger partial charge in [0.05, 0.1) is 35.1 Å². The molecule has 4 aromatic rings. The minimum Gasteiger partial charge on any atom is -0.346 e. The van der Waals surface area contributed by atoms with Gasteiger partial charge in [0.25, 0.3) is 0 Å². The Bertz CT molecular complexity index is 1250. The third kappa shape index (κ3) is 4.74. The van der Waals surface area contributed by atoms with E-state index in [1.54, 1.807) is 18.5 Å². The molecular formula is C25H26F2N6. The summed E-state index contributed by atoms with van der Waals surface area (Å²) in [5.41, 5.74) is 5.80. The third-order valence-corrected chi connectivity index (χ3v) is 5.69. The second-order valence-corrected chi connectivity index (χ2v) is 8.07. The molecule has 1 atom stereocenters. The predicted molar refractivity (Wildman–Crippen MR) is 125 cm³/mol. The van der Waals surface area contributed by atoms with E-state index in [0.717, 1.165) is 28.2 Å². The van der Waals surface area contributed by atoms with Crippen molar-refractivity contribution < 1.29 is 8.78 Å². The van der Waals surface area contributed by atoms with Crippen LogP contribution in [0.1, 0.15) is 35.5 Å². The number of rotatable bonds is 7. The van der Waals surface area contributed by atoms with Gasteiger partial charge < -0.3 is 9.47 Å². The summed E-state index contributed by atoms with van der Waals surface area (Å²) in [6.07, 6.45) is 3.71. The number of aryl methyl sites for hydroxylation is 3. The topological polar surface area (TPSA) is 59.7 Å². The zero-order chi connectivity index (χ0) is 23.5. The van der Waals surface area contributed by atoms with Crippen LogP contribution in [0, 0.1) is 26.6 Å². The number of halogens is 2. The van der Waals surface area contributed by atoms with Crippen LogP contribution in [-0.4, -0.2) is 38.0 Å². The van der Waals surface area contributed by atoms with Crippen LogP contribution in [0.2, 0.25) is 0 Å². The third-order valence-electron chi connectivity index (χ3n) is 5.69. The minimum atomic E-state index is -0.537. The zero-order valence-electron chi connectivity index (χ0n) is 19.1. The molecule has 0 aliphatic rings. The molecule has 6 nitrogen and oxygen atoms in total. The quantitative estimate of drug-likeness (QED) is 0.383. The summed E-state index contributed by atoms with van der Waals surface area (Å²) >= 11 is 0. The Morgan fingerprint density at radius 2 is 1.76 bits per heavy atom. The van der Waals surface area contributed by atoms with E-state index in [9.17, 15) is 8.78 Å². The van der Waals surface area contributed by atoms with Gasteiger partial charge in [-0.05, 0) is 69.2 Å². The summed E-state index contributed by atoms with van der Waals surface area (Å²) in [5.74, 6) is 0.288. The molecule has 0 spiro atoms. The second kappa shape index (κ2) is 9.44. The van der Waals surface area contributed by atoms with Crippen LogP contribution in [0.15, 0.2) is 55.0 Å². The molecule has 0 radical (unpaired) electrons. The lowest BCUT2D eigenvalue weighted by Crippen LogP contribution is -2.30. The first-order valence-electron chi connectivity index (χ1n) is 10.8. The Balaban J connectivity index is 1.64. The summed E-state index contributed by atoms with van der Waals surface area (Å²) in [7, 11) is 0. The standard InChI is InChI=1S/C25H26F2N6/c1-16-13-23(22-9-10-24(18(3)29-22)32-14-17(2)28-15-32)30-31-25(16)33(12-11-26)19(4)20-5-7-21(27)8-6-20/h5-10,13-15,19H,11-12H2,1-4H3. The SMILES string of the molecule is Cc1cn(-c2ccc(-c3cc(C)c(N(CCF)C(C)c4ccc(F)cc4)nn3)nc2C)cn1. The second-order valence-electron chi connectivity index (χ2n) is 8.07. The number of nitrogens with zero attached hydrogens (tertiary/aromatic N) is 6. The van der Waals surface area contributed by atoms with Gasteiger partial charge in [0.2, 0.25) is 0 Å². The number of hydrogen-bond donors (Lipinski definition) is 0. The van der Waals surface area contributed by atoms with Gasteiger partial charge >= 0.3 is 0 Å². The fourth-order valence-corrected chi connectivity index (χ4v) is 3.91. The average molecular weight is 449 g/mol. The minimum absolute atomic E-state index is 0.157. The van der Waals surface area contributed by atoms with Crippen LogP contribution in [0.4, 0.5) is 14.6 Å². The van der Waals surface area contributed by atoms with Crippen molar-refractivity contribution in [3.63, 3.8) is 0 Å². The molecule has 0 saturated carbocycles. The smallest absolute Gasteiger partial charge is 0.154 e. The lowest BCUT2D eigenvalue weighted by atomic mass is 10.1. The van der Waals surface area contributed by atoms with Gasteiger partial charge in [-0.15, -0.1) is 10.2 Å². The fourth-order valence-electron chi connectivity index (χ4n) is 3.91. The molecule has 1 aromatic carbocycles. The van der Waals surface area contributed by atoms with Crippen LogP contribution < -0.4 is 4.90 Å². The van der Waals surface area contributed by atoms with Gasteiger partial charge in [-0.2, -0.15) is 0 Å². The fraction of sp³-hybridized carbons (Fsp3) is 0.280. The Morgan fingerprint density at radius 3 is 2.36 bits per heavy atom. The number of alkyl halides is 1. The molecule has 0 saturated heterocycles. The molecular weight excluding hydrogens is 422 g/mol. The molecule has 0 amide bonds. The zero-order valence-corrected chi connectivity index (χ0v) is 19.1. The summed E-state index contributed by atoms with van der Waals surface area (Å²) in [6.45, 7) is 7.37. The monoisotopic (exact) mass is 448 g/mol. The van der Waals surface area contributed by atoms with Crippen molar-refractivity contribution in [3.8, 4) is 17.1 Å². The number of benzene rings is 1. The van der Waals surface area contributed by atoms with Gasteiger partial charge in [0, 0.05) is 12.7 Å². The summed E-state index contributed by atoms with van der Waals surface area (Å²) in [4.78, 5) is 10.8. The molecule has 3 aromatic heterocycles. The highest BCUT2D eigenvalue weighted by atomic mass is 19.1. The molecule has 0 aliphatic carbocycles.